The molecule has 1 saturated heterocycles. The molecule has 7 nitrogen and oxygen atoms in total. The van der Waals surface area contributed by atoms with Crippen LogP contribution in [0.4, 0.5) is 0 Å². The van der Waals surface area contributed by atoms with Crippen LogP contribution in [0, 0.1) is 0 Å². The number of hydrogen-bond acceptors (Lipinski definition) is 6. The second-order valence-corrected chi connectivity index (χ2v) is 5.23. The zero-order chi connectivity index (χ0) is 14.4. The number of nitrogens with zero attached hydrogens (tertiary/aromatic N) is 2. The van der Waals surface area contributed by atoms with E-state index in [-0.39, 0.29) is 10.9 Å². The minimum atomic E-state index is -1.01. The normalized spacial score (nSPS) is 15.3. The van der Waals surface area contributed by atoms with Crippen molar-refractivity contribution in [3.8, 4) is 0 Å². The van der Waals surface area contributed by atoms with Crippen molar-refractivity contribution in [2.45, 2.75) is 13.0 Å². The number of rotatable bonds is 6. The Labute approximate surface area is 120 Å². The third kappa shape index (κ3) is 4.26. The molecule has 0 atom stereocenters. The summed E-state index contributed by atoms with van der Waals surface area (Å²) in [6, 6.07) is 0. The lowest BCUT2D eigenvalue weighted by Gasteiger charge is -2.26. The molecular formula is C12H17N3O4S. The van der Waals surface area contributed by atoms with Gasteiger partial charge in [-0.2, -0.15) is 0 Å². The molecule has 2 N–H and O–H groups in total. The fourth-order valence-corrected chi connectivity index (χ4v) is 2.52. The SMILES string of the molecule is O=C(O)c1nc(CNCCC(=O)N2CCOCC2)cs1. The van der Waals surface area contributed by atoms with E-state index in [0.717, 1.165) is 11.3 Å². The number of hydrogen-bond donors (Lipinski definition) is 2. The van der Waals surface area contributed by atoms with Crippen LogP contribution in [-0.2, 0) is 16.1 Å². The zero-order valence-electron chi connectivity index (χ0n) is 11.0. The van der Waals surface area contributed by atoms with Crippen molar-refractivity contribution in [3.05, 3.63) is 16.1 Å². The van der Waals surface area contributed by atoms with Gasteiger partial charge in [-0.05, 0) is 0 Å². The first-order valence-electron chi connectivity index (χ1n) is 6.41. The number of carbonyl (C=O) groups is 2. The van der Waals surface area contributed by atoms with Gasteiger partial charge in [0.1, 0.15) is 0 Å². The molecule has 0 bridgehead atoms. The molecule has 1 aromatic heterocycles. The maximum atomic E-state index is 11.8. The second-order valence-electron chi connectivity index (χ2n) is 4.37. The molecule has 0 spiro atoms. The van der Waals surface area contributed by atoms with Crippen molar-refractivity contribution in [1.29, 1.82) is 0 Å². The molecular weight excluding hydrogens is 282 g/mol. The fraction of sp³-hybridized carbons (Fsp3) is 0.583. The van der Waals surface area contributed by atoms with E-state index in [1.165, 1.54) is 0 Å². The molecule has 110 valence electrons. The van der Waals surface area contributed by atoms with Crippen LogP contribution in [0.25, 0.3) is 0 Å². The number of carbonyl (C=O) groups excluding carboxylic acids is 1. The molecule has 20 heavy (non-hydrogen) atoms. The molecule has 1 aromatic rings. The average Bonchev–Trinajstić information content (AvgIpc) is 2.93. The highest BCUT2D eigenvalue weighted by molar-refractivity contribution is 7.11. The Morgan fingerprint density at radius 1 is 1.45 bits per heavy atom. The van der Waals surface area contributed by atoms with E-state index in [2.05, 4.69) is 10.3 Å². The average molecular weight is 299 g/mol. The Bertz CT molecular complexity index is 471. The summed E-state index contributed by atoms with van der Waals surface area (Å²) in [6.07, 6.45) is 0.427. The number of ether oxygens (including phenoxy) is 1. The summed E-state index contributed by atoms with van der Waals surface area (Å²) in [4.78, 5) is 28.3. The van der Waals surface area contributed by atoms with Crippen molar-refractivity contribution in [2.75, 3.05) is 32.8 Å². The smallest absolute Gasteiger partial charge is 0.365 e. The van der Waals surface area contributed by atoms with Crippen LogP contribution in [0.2, 0.25) is 0 Å². The second kappa shape index (κ2) is 7.32. The molecule has 0 aliphatic carbocycles. The topological polar surface area (TPSA) is 91.8 Å². The van der Waals surface area contributed by atoms with Crippen molar-refractivity contribution >= 4 is 23.2 Å². The molecule has 1 amide bonds. The number of aromatic carboxylic acids is 1. The molecule has 1 aliphatic rings. The third-order valence-electron chi connectivity index (χ3n) is 2.92. The third-order valence-corrected chi connectivity index (χ3v) is 3.80. The summed E-state index contributed by atoms with van der Waals surface area (Å²) in [5.74, 6) is -0.894. The summed E-state index contributed by atoms with van der Waals surface area (Å²) in [7, 11) is 0. The molecule has 0 saturated carbocycles. The molecule has 0 unspecified atom stereocenters. The Morgan fingerprint density at radius 2 is 2.20 bits per heavy atom. The molecule has 2 rings (SSSR count). The van der Waals surface area contributed by atoms with Crippen molar-refractivity contribution in [2.24, 2.45) is 0 Å². The monoisotopic (exact) mass is 299 g/mol. The van der Waals surface area contributed by atoms with Crippen molar-refractivity contribution in [1.82, 2.24) is 15.2 Å². The first-order valence-corrected chi connectivity index (χ1v) is 7.28. The van der Waals surface area contributed by atoms with E-state index >= 15 is 0 Å². The van der Waals surface area contributed by atoms with Crippen LogP contribution >= 0.6 is 11.3 Å². The Hall–Kier alpha value is -1.51. The standard InChI is InChI=1S/C12H17N3O4S/c16-10(15-3-5-19-6-4-15)1-2-13-7-9-8-20-11(14-9)12(17)18/h8,13H,1-7H2,(H,17,18). The van der Waals surface area contributed by atoms with Crippen LogP contribution in [0.1, 0.15) is 21.9 Å². The predicted molar refractivity (Wildman–Crippen MR) is 72.8 cm³/mol. The summed E-state index contributed by atoms with van der Waals surface area (Å²) in [6.45, 7) is 3.56. The first-order chi connectivity index (χ1) is 9.66. The van der Waals surface area contributed by atoms with Gasteiger partial charge in [0, 0.05) is 38.0 Å². The van der Waals surface area contributed by atoms with Crippen LogP contribution < -0.4 is 5.32 Å². The fourth-order valence-electron chi connectivity index (χ4n) is 1.87. The van der Waals surface area contributed by atoms with Crippen molar-refractivity contribution in [3.63, 3.8) is 0 Å². The van der Waals surface area contributed by atoms with E-state index in [1.54, 1.807) is 10.3 Å². The first kappa shape index (κ1) is 14.9. The number of aromatic nitrogens is 1. The van der Waals surface area contributed by atoms with Gasteiger partial charge in [-0.1, -0.05) is 0 Å². The zero-order valence-corrected chi connectivity index (χ0v) is 11.8. The summed E-state index contributed by atoms with van der Waals surface area (Å²) >= 11 is 1.10. The molecule has 1 aliphatic heterocycles. The Balaban J connectivity index is 1.65. The number of amides is 1. The number of nitrogens with one attached hydrogen (secondary N) is 1. The molecule has 8 heteroatoms. The van der Waals surface area contributed by atoms with E-state index in [0.29, 0.717) is 51.5 Å². The summed E-state index contributed by atoms with van der Waals surface area (Å²) < 4.78 is 5.19. The molecule has 1 fully saturated rings. The van der Waals surface area contributed by atoms with Crippen LogP contribution in [-0.4, -0.2) is 59.7 Å². The van der Waals surface area contributed by atoms with Crippen molar-refractivity contribution < 1.29 is 19.4 Å². The highest BCUT2D eigenvalue weighted by Gasteiger charge is 2.16. The summed E-state index contributed by atoms with van der Waals surface area (Å²) in [5.41, 5.74) is 0.686. The van der Waals surface area contributed by atoms with E-state index < -0.39 is 5.97 Å². The van der Waals surface area contributed by atoms with Gasteiger partial charge in [-0.15, -0.1) is 11.3 Å². The summed E-state index contributed by atoms with van der Waals surface area (Å²) in [5, 5.41) is 13.6. The maximum absolute atomic E-state index is 11.8. The quantitative estimate of drug-likeness (QED) is 0.728. The lowest BCUT2D eigenvalue weighted by molar-refractivity contribution is -0.135. The van der Waals surface area contributed by atoms with Gasteiger partial charge >= 0.3 is 5.97 Å². The lowest BCUT2D eigenvalue weighted by atomic mass is 10.3. The molecule has 0 radical (unpaired) electrons. The number of thiazole rings is 1. The maximum Gasteiger partial charge on any atom is 0.365 e. The number of morpholine rings is 1. The van der Waals surface area contributed by atoms with Crippen LogP contribution in [0.5, 0.6) is 0 Å². The van der Waals surface area contributed by atoms with E-state index in [1.807, 2.05) is 0 Å². The highest BCUT2D eigenvalue weighted by atomic mass is 32.1. The van der Waals surface area contributed by atoms with Gasteiger partial charge in [-0.25, -0.2) is 9.78 Å². The van der Waals surface area contributed by atoms with Crippen LogP contribution in [0.3, 0.4) is 0 Å². The molecule has 2 heterocycles. The van der Waals surface area contributed by atoms with Gasteiger partial charge in [0.2, 0.25) is 10.9 Å². The minimum Gasteiger partial charge on any atom is -0.476 e. The minimum absolute atomic E-state index is 0.0891. The van der Waals surface area contributed by atoms with Gasteiger partial charge in [0.05, 0.1) is 18.9 Å². The Kier molecular flexibility index (Phi) is 5.45. The highest BCUT2D eigenvalue weighted by Crippen LogP contribution is 2.09. The van der Waals surface area contributed by atoms with Gasteiger partial charge < -0.3 is 20.1 Å². The van der Waals surface area contributed by atoms with Crippen LogP contribution in [0.15, 0.2) is 5.38 Å². The lowest BCUT2D eigenvalue weighted by Crippen LogP contribution is -2.41. The van der Waals surface area contributed by atoms with Gasteiger partial charge in [0.15, 0.2) is 0 Å². The van der Waals surface area contributed by atoms with Gasteiger partial charge in [0.25, 0.3) is 0 Å². The Morgan fingerprint density at radius 3 is 2.85 bits per heavy atom. The number of carboxylic acids is 1. The largest absolute Gasteiger partial charge is 0.476 e. The number of carboxylic acid groups (broad SMARTS) is 1. The van der Waals surface area contributed by atoms with Gasteiger partial charge in [-0.3, -0.25) is 4.79 Å². The van der Waals surface area contributed by atoms with E-state index in [4.69, 9.17) is 9.84 Å². The van der Waals surface area contributed by atoms with E-state index in [9.17, 15) is 9.59 Å². The molecule has 0 aromatic carbocycles. The predicted octanol–water partition coefficient (Wildman–Crippen LogP) is 0.180.